The van der Waals surface area contributed by atoms with Gasteiger partial charge in [-0.05, 0) is 50.5 Å². The minimum atomic E-state index is 0.171. The van der Waals surface area contributed by atoms with Gasteiger partial charge in [0.25, 0.3) is 0 Å². The summed E-state index contributed by atoms with van der Waals surface area (Å²) in [5.41, 5.74) is 10.4. The lowest BCUT2D eigenvalue weighted by atomic mass is 10.1. The average Bonchev–Trinajstić information content (AvgIpc) is 2.65. The van der Waals surface area contributed by atoms with Crippen molar-refractivity contribution in [2.45, 2.75) is 50.5 Å². The van der Waals surface area contributed by atoms with Gasteiger partial charge in [-0.15, -0.1) is 0 Å². The van der Waals surface area contributed by atoms with Crippen LogP contribution in [0.25, 0.3) is 0 Å². The van der Waals surface area contributed by atoms with E-state index in [1.54, 1.807) is 0 Å². The summed E-state index contributed by atoms with van der Waals surface area (Å²) in [6.07, 6.45) is 8.31. The van der Waals surface area contributed by atoms with Gasteiger partial charge >= 0.3 is 0 Å². The summed E-state index contributed by atoms with van der Waals surface area (Å²) in [7, 11) is 0. The first-order valence-corrected chi connectivity index (χ1v) is 5.61. The molecule has 3 rings (SSSR count). The Hall–Kier alpha value is -0.830. The fourth-order valence-electron chi connectivity index (χ4n) is 2.37. The first-order valence-electron chi connectivity index (χ1n) is 5.61. The maximum atomic E-state index is 6.07. The molecule has 0 atom stereocenters. The van der Waals surface area contributed by atoms with E-state index in [2.05, 4.69) is 10.2 Å². The van der Waals surface area contributed by atoms with Crippen molar-refractivity contribution in [3.05, 3.63) is 17.0 Å². The molecule has 0 saturated heterocycles. The van der Waals surface area contributed by atoms with Gasteiger partial charge in [0, 0.05) is 11.2 Å². The number of hydrogen-bond donors (Lipinski definition) is 2. The molecule has 3 N–H and O–H groups in total. The highest BCUT2D eigenvalue weighted by molar-refractivity contribution is 5.29. The second kappa shape index (κ2) is 2.83. The molecule has 0 aromatic carbocycles. The molecular formula is C11H17N3. The third-order valence-corrected chi connectivity index (χ3v) is 3.64. The zero-order chi connectivity index (χ0) is 9.60. The third-order valence-electron chi connectivity index (χ3n) is 3.64. The van der Waals surface area contributed by atoms with Crippen molar-refractivity contribution in [3.8, 4) is 0 Å². The van der Waals surface area contributed by atoms with Crippen molar-refractivity contribution >= 4 is 0 Å². The van der Waals surface area contributed by atoms with Crippen LogP contribution in [0.4, 0.5) is 0 Å². The van der Waals surface area contributed by atoms with Crippen molar-refractivity contribution in [2.75, 3.05) is 0 Å². The summed E-state index contributed by atoms with van der Waals surface area (Å²) in [5.74, 6) is 0. The molecule has 76 valence electrons. The highest BCUT2D eigenvalue weighted by Gasteiger charge is 2.37. The number of fused-ring (bicyclic) bond motifs is 1. The van der Waals surface area contributed by atoms with Crippen molar-refractivity contribution in [3.63, 3.8) is 0 Å². The van der Waals surface area contributed by atoms with E-state index < -0.39 is 0 Å². The highest BCUT2D eigenvalue weighted by Crippen LogP contribution is 2.37. The number of H-pyrrole nitrogens is 1. The lowest BCUT2D eigenvalue weighted by Crippen LogP contribution is -2.22. The Labute approximate surface area is 84.1 Å². The topological polar surface area (TPSA) is 54.7 Å². The molecule has 0 bridgehead atoms. The molecule has 0 unspecified atom stereocenters. The minimum Gasteiger partial charge on any atom is -0.325 e. The van der Waals surface area contributed by atoms with Gasteiger partial charge in [-0.1, -0.05) is 0 Å². The maximum Gasteiger partial charge on any atom is 0.0657 e. The summed E-state index contributed by atoms with van der Waals surface area (Å²) < 4.78 is 0. The molecule has 14 heavy (non-hydrogen) atoms. The van der Waals surface area contributed by atoms with E-state index in [0.29, 0.717) is 0 Å². The van der Waals surface area contributed by atoms with Crippen LogP contribution in [0, 0.1) is 0 Å². The predicted molar refractivity (Wildman–Crippen MR) is 55.1 cm³/mol. The Bertz CT molecular complexity index is 349. The van der Waals surface area contributed by atoms with Gasteiger partial charge in [0.15, 0.2) is 0 Å². The van der Waals surface area contributed by atoms with Gasteiger partial charge in [0.2, 0.25) is 0 Å². The zero-order valence-corrected chi connectivity index (χ0v) is 8.47. The van der Waals surface area contributed by atoms with Gasteiger partial charge in [-0.25, -0.2) is 0 Å². The first-order chi connectivity index (χ1) is 6.77. The van der Waals surface area contributed by atoms with Gasteiger partial charge in [-0.2, -0.15) is 5.10 Å². The Morgan fingerprint density at radius 2 is 2.21 bits per heavy atom. The van der Waals surface area contributed by atoms with Gasteiger partial charge < -0.3 is 5.73 Å². The number of nitrogens with zero attached hydrogens (tertiary/aromatic N) is 1. The number of nitrogens with one attached hydrogen (secondary N) is 1. The van der Waals surface area contributed by atoms with E-state index in [1.165, 1.54) is 49.1 Å². The van der Waals surface area contributed by atoms with Crippen molar-refractivity contribution in [2.24, 2.45) is 5.73 Å². The van der Waals surface area contributed by atoms with Gasteiger partial charge in [0.05, 0.1) is 5.69 Å². The maximum absolute atomic E-state index is 6.07. The molecule has 1 aromatic heterocycles. The molecule has 2 aliphatic rings. The van der Waals surface area contributed by atoms with Crippen LogP contribution in [0.3, 0.4) is 0 Å². The quantitative estimate of drug-likeness (QED) is 0.757. The Balaban J connectivity index is 1.71. The van der Waals surface area contributed by atoms with Crippen LogP contribution in [0.5, 0.6) is 0 Å². The van der Waals surface area contributed by atoms with Crippen LogP contribution in [-0.2, 0) is 19.3 Å². The van der Waals surface area contributed by atoms with E-state index in [9.17, 15) is 0 Å². The molecule has 1 heterocycles. The Kier molecular flexibility index (Phi) is 1.71. The molecule has 3 nitrogen and oxygen atoms in total. The second-order valence-electron chi connectivity index (χ2n) is 4.84. The number of hydrogen-bond acceptors (Lipinski definition) is 2. The van der Waals surface area contributed by atoms with E-state index in [4.69, 9.17) is 5.73 Å². The molecule has 0 amide bonds. The fraction of sp³-hybridized carbons (Fsp3) is 0.727. The van der Waals surface area contributed by atoms with Crippen molar-refractivity contribution < 1.29 is 0 Å². The molecule has 2 aliphatic carbocycles. The smallest absolute Gasteiger partial charge is 0.0657 e. The SMILES string of the molecule is NC1(CCc2n[nH]c3c2CCC3)CC1. The zero-order valence-electron chi connectivity index (χ0n) is 8.47. The molecular weight excluding hydrogens is 174 g/mol. The molecule has 1 fully saturated rings. The second-order valence-corrected chi connectivity index (χ2v) is 4.84. The average molecular weight is 191 g/mol. The standard InChI is InChI=1S/C11H17N3/c12-11(6-7-11)5-4-10-8-2-1-3-9(8)13-14-10/h1-7,12H2,(H,13,14). The lowest BCUT2D eigenvalue weighted by molar-refractivity contribution is 0.600. The number of aromatic amines is 1. The molecule has 1 aromatic rings. The van der Waals surface area contributed by atoms with Crippen molar-refractivity contribution in [1.29, 1.82) is 0 Å². The van der Waals surface area contributed by atoms with Crippen LogP contribution in [-0.4, -0.2) is 15.7 Å². The number of aromatic nitrogens is 2. The summed E-state index contributed by atoms with van der Waals surface area (Å²) in [6, 6.07) is 0. The van der Waals surface area contributed by atoms with E-state index in [-0.39, 0.29) is 5.54 Å². The molecule has 0 aliphatic heterocycles. The minimum absolute atomic E-state index is 0.171. The van der Waals surface area contributed by atoms with Crippen LogP contribution >= 0.6 is 0 Å². The van der Waals surface area contributed by atoms with Crippen LogP contribution in [0.2, 0.25) is 0 Å². The summed E-state index contributed by atoms with van der Waals surface area (Å²) in [5, 5.41) is 7.54. The third kappa shape index (κ3) is 1.36. The van der Waals surface area contributed by atoms with E-state index >= 15 is 0 Å². The van der Waals surface area contributed by atoms with Crippen LogP contribution < -0.4 is 5.73 Å². The predicted octanol–water partition coefficient (Wildman–Crippen LogP) is 1.32. The summed E-state index contributed by atoms with van der Waals surface area (Å²) in [4.78, 5) is 0. The Morgan fingerprint density at radius 1 is 1.36 bits per heavy atom. The van der Waals surface area contributed by atoms with Crippen molar-refractivity contribution in [1.82, 2.24) is 10.2 Å². The number of aryl methyl sites for hydroxylation is 2. The largest absolute Gasteiger partial charge is 0.325 e. The summed E-state index contributed by atoms with van der Waals surface area (Å²) in [6.45, 7) is 0. The number of nitrogens with two attached hydrogens (primary N) is 1. The molecule has 3 heteroatoms. The summed E-state index contributed by atoms with van der Waals surface area (Å²) >= 11 is 0. The number of rotatable bonds is 3. The van der Waals surface area contributed by atoms with Gasteiger partial charge in [0.1, 0.15) is 0 Å². The van der Waals surface area contributed by atoms with Gasteiger partial charge in [-0.3, -0.25) is 5.10 Å². The first kappa shape index (κ1) is 8.48. The monoisotopic (exact) mass is 191 g/mol. The normalized spacial score (nSPS) is 22.4. The lowest BCUT2D eigenvalue weighted by Gasteiger charge is -2.06. The Morgan fingerprint density at radius 3 is 3.00 bits per heavy atom. The van der Waals surface area contributed by atoms with Crippen LogP contribution in [0.15, 0.2) is 0 Å². The molecule has 1 saturated carbocycles. The highest BCUT2D eigenvalue weighted by atomic mass is 15.1. The van der Waals surface area contributed by atoms with E-state index in [0.717, 1.165) is 12.8 Å². The molecule has 0 radical (unpaired) electrons. The van der Waals surface area contributed by atoms with Crippen LogP contribution in [0.1, 0.15) is 42.6 Å². The molecule has 0 spiro atoms. The fourth-order valence-corrected chi connectivity index (χ4v) is 2.37. The van der Waals surface area contributed by atoms with E-state index in [1.807, 2.05) is 0 Å².